The molecule has 0 aliphatic carbocycles. The van der Waals surface area contributed by atoms with Crippen molar-refractivity contribution < 1.29 is 13.2 Å². The van der Waals surface area contributed by atoms with Crippen LogP contribution in [-0.4, -0.2) is 9.35 Å². The van der Waals surface area contributed by atoms with Gasteiger partial charge in [0.1, 0.15) is 0 Å². The molecule has 0 radical (unpaired) electrons. The number of hydrogen-bond acceptors (Lipinski definition) is 4. The van der Waals surface area contributed by atoms with Crippen LogP contribution in [0.5, 0.6) is 0 Å². The molecule has 78 valence electrons. The van der Waals surface area contributed by atoms with Crippen molar-refractivity contribution in [2.24, 2.45) is 0 Å². The Morgan fingerprint density at radius 3 is 2.07 bits per heavy atom. The molecule has 1 aromatic rings. The molecular formula is C5H5F3N4O2. The summed E-state index contributed by atoms with van der Waals surface area (Å²) >= 11 is 0. The van der Waals surface area contributed by atoms with Crippen LogP contribution in [0.15, 0.2) is 15.7 Å². The van der Waals surface area contributed by atoms with Gasteiger partial charge in [-0.25, -0.2) is 9.47 Å². The second-order valence-electron chi connectivity index (χ2n) is 2.39. The lowest BCUT2D eigenvalue weighted by Crippen LogP contribution is -2.49. The Hall–Kier alpha value is -1.93. The molecule has 9 heteroatoms. The minimum Gasteiger partial charge on any atom is -0.335 e. The van der Waals surface area contributed by atoms with E-state index in [0.29, 0.717) is 0 Å². The van der Waals surface area contributed by atoms with Gasteiger partial charge in [0, 0.05) is 6.07 Å². The van der Waals surface area contributed by atoms with Crippen LogP contribution in [-0.2, 0) is 6.18 Å². The maximum absolute atomic E-state index is 12.1. The molecule has 4 N–H and O–H groups in total. The van der Waals surface area contributed by atoms with Gasteiger partial charge in [-0.15, -0.1) is 0 Å². The molecule has 0 amide bonds. The predicted molar refractivity (Wildman–Crippen MR) is 40.3 cm³/mol. The monoisotopic (exact) mass is 210 g/mol. The molecule has 14 heavy (non-hydrogen) atoms. The van der Waals surface area contributed by atoms with Gasteiger partial charge in [0.15, 0.2) is 5.69 Å². The first-order valence-electron chi connectivity index (χ1n) is 3.21. The van der Waals surface area contributed by atoms with Crippen molar-refractivity contribution >= 4 is 0 Å². The molecule has 0 aliphatic rings. The first kappa shape index (κ1) is 10.2. The standard InChI is InChI=1S/C5H5F3N4O2/c6-5(7,8)2-1-3(13)12(10)4(14)11(2)9/h1H,9-10H2. The topological polar surface area (TPSA) is 96.0 Å². The van der Waals surface area contributed by atoms with Gasteiger partial charge in [-0.2, -0.15) is 17.8 Å². The zero-order valence-corrected chi connectivity index (χ0v) is 6.58. The summed E-state index contributed by atoms with van der Waals surface area (Å²) in [5, 5.41) is 0. The van der Waals surface area contributed by atoms with Crippen LogP contribution in [0.2, 0.25) is 0 Å². The number of halogens is 3. The fourth-order valence-electron chi connectivity index (χ4n) is 0.788. The third kappa shape index (κ3) is 1.43. The molecule has 0 saturated carbocycles. The van der Waals surface area contributed by atoms with Gasteiger partial charge in [0.2, 0.25) is 0 Å². The van der Waals surface area contributed by atoms with E-state index in [4.69, 9.17) is 11.7 Å². The fourth-order valence-corrected chi connectivity index (χ4v) is 0.788. The molecule has 6 nitrogen and oxygen atoms in total. The molecule has 1 aromatic heterocycles. The van der Waals surface area contributed by atoms with Gasteiger partial charge >= 0.3 is 11.9 Å². The van der Waals surface area contributed by atoms with Gasteiger partial charge in [-0.1, -0.05) is 0 Å². The quantitative estimate of drug-likeness (QED) is 0.507. The van der Waals surface area contributed by atoms with Crippen LogP contribution in [0.3, 0.4) is 0 Å². The lowest BCUT2D eigenvalue weighted by molar-refractivity contribution is -0.143. The fraction of sp³-hybridized carbons (Fsp3) is 0.200. The Kier molecular flexibility index (Phi) is 2.02. The van der Waals surface area contributed by atoms with Crippen LogP contribution in [0.1, 0.15) is 5.69 Å². The van der Waals surface area contributed by atoms with Crippen LogP contribution >= 0.6 is 0 Å². The van der Waals surface area contributed by atoms with Crippen molar-refractivity contribution in [1.29, 1.82) is 0 Å². The van der Waals surface area contributed by atoms with Crippen molar-refractivity contribution in [3.05, 3.63) is 32.6 Å². The Balaban J connectivity index is 3.67. The second-order valence-corrected chi connectivity index (χ2v) is 2.39. The number of nitrogen functional groups attached to an aromatic ring is 2. The van der Waals surface area contributed by atoms with E-state index in [1.807, 2.05) is 0 Å². The van der Waals surface area contributed by atoms with Crippen LogP contribution < -0.4 is 22.9 Å². The Morgan fingerprint density at radius 2 is 1.64 bits per heavy atom. The summed E-state index contributed by atoms with van der Waals surface area (Å²) in [5.41, 5.74) is -4.26. The summed E-state index contributed by atoms with van der Waals surface area (Å²) in [4.78, 5) is 21.6. The molecule has 0 fully saturated rings. The van der Waals surface area contributed by atoms with E-state index >= 15 is 0 Å². The molecule has 0 saturated heterocycles. The number of aromatic nitrogens is 2. The van der Waals surface area contributed by atoms with E-state index in [1.165, 1.54) is 0 Å². The Bertz CT molecular complexity index is 471. The van der Waals surface area contributed by atoms with Crippen molar-refractivity contribution in [1.82, 2.24) is 9.35 Å². The van der Waals surface area contributed by atoms with Crippen LogP contribution in [0, 0.1) is 0 Å². The van der Waals surface area contributed by atoms with Crippen molar-refractivity contribution in [2.75, 3.05) is 11.7 Å². The average Bonchev–Trinajstić information content (AvgIpc) is 2.06. The number of hydrogen-bond donors (Lipinski definition) is 2. The Morgan fingerprint density at radius 1 is 1.14 bits per heavy atom. The third-order valence-electron chi connectivity index (χ3n) is 1.46. The van der Waals surface area contributed by atoms with Crippen molar-refractivity contribution in [3.8, 4) is 0 Å². The molecule has 0 atom stereocenters. The summed E-state index contributed by atoms with van der Waals surface area (Å²) in [6, 6.07) is 0.140. The Labute approximate surface area is 74.1 Å². The van der Waals surface area contributed by atoms with E-state index in [0.717, 1.165) is 0 Å². The smallest absolute Gasteiger partial charge is 0.335 e. The van der Waals surface area contributed by atoms with Gasteiger partial charge in [-0.3, -0.25) is 4.79 Å². The highest BCUT2D eigenvalue weighted by atomic mass is 19.4. The van der Waals surface area contributed by atoms with E-state index < -0.39 is 23.1 Å². The molecular weight excluding hydrogens is 205 g/mol. The van der Waals surface area contributed by atoms with E-state index in [2.05, 4.69) is 0 Å². The van der Waals surface area contributed by atoms with Crippen molar-refractivity contribution in [3.63, 3.8) is 0 Å². The first-order chi connectivity index (χ1) is 6.25. The lowest BCUT2D eigenvalue weighted by atomic mass is 10.4. The summed E-state index contributed by atoms with van der Waals surface area (Å²) in [5.74, 6) is 9.60. The van der Waals surface area contributed by atoms with Gasteiger partial charge in [0.05, 0.1) is 0 Å². The number of nitrogens with two attached hydrogens (primary N) is 2. The number of nitrogens with zero attached hydrogens (tertiary/aromatic N) is 2. The van der Waals surface area contributed by atoms with E-state index in [1.54, 1.807) is 0 Å². The maximum Gasteiger partial charge on any atom is 0.433 e. The highest BCUT2D eigenvalue weighted by Gasteiger charge is 2.35. The molecule has 1 rings (SSSR count). The summed E-state index contributed by atoms with van der Waals surface area (Å²) in [6.07, 6.45) is -4.87. The summed E-state index contributed by atoms with van der Waals surface area (Å²) in [6.45, 7) is 0. The van der Waals surface area contributed by atoms with Crippen molar-refractivity contribution in [2.45, 2.75) is 6.18 Å². The minimum absolute atomic E-state index is 0.0186. The summed E-state index contributed by atoms with van der Waals surface area (Å²) < 4.78 is 36.1. The molecule has 0 unspecified atom stereocenters. The normalized spacial score (nSPS) is 11.6. The predicted octanol–water partition coefficient (Wildman–Crippen LogP) is -1.54. The number of alkyl halides is 3. The minimum atomic E-state index is -4.87. The SMILES string of the molecule is Nn1c(C(F)(F)F)cc(=O)n(N)c1=O. The van der Waals surface area contributed by atoms with Crippen LogP contribution in [0.25, 0.3) is 0 Å². The second kappa shape index (κ2) is 2.79. The van der Waals surface area contributed by atoms with Gasteiger partial charge in [-0.05, 0) is 0 Å². The zero-order valence-electron chi connectivity index (χ0n) is 6.58. The number of rotatable bonds is 0. The molecule has 0 aliphatic heterocycles. The molecule has 0 bridgehead atoms. The molecule has 0 spiro atoms. The highest BCUT2D eigenvalue weighted by Crippen LogP contribution is 2.26. The largest absolute Gasteiger partial charge is 0.433 e. The maximum atomic E-state index is 12.1. The molecule has 1 heterocycles. The zero-order chi connectivity index (χ0) is 11.1. The van der Waals surface area contributed by atoms with Gasteiger partial charge in [0.25, 0.3) is 5.56 Å². The third-order valence-corrected chi connectivity index (χ3v) is 1.46. The average molecular weight is 210 g/mol. The summed E-state index contributed by atoms with van der Waals surface area (Å²) in [7, 11) is 0. The van der Waals surface area contributed by atoms with Crippen LogP contribution in [0.4, 0.5) is 13.2 Å². The van der Waals surface area contributed by atoms with Gasteiger partial charge < -0.3 is 11.7 Å². The highest BCUT2D eigenvalue weighted by molar-refractivity contribution is 5.06. The van der Waals surface area contributed by atoms with E-state index in [-0.39, 0.29) is 15.4 Å². The van der Waals surface area contributed by atoms with E-state index in [9.17, 15) is 22.8 Å². The lowest BCUT2D eigenvalue weighted by Gasteiger charge is -2.10. The first-order valence-corrected chi connectivity index (χ1v) is 3.21. The molecule has 0 aromatic carbocycles.